The van der Waals surface area contributed by atoms with Crippen molar-refractivity contribution in [2.75, 3.05) is 0 Å². The molecule has 3 rings (SSSR count). The van der Waals surface area contributed by atoms with Crippen LogP contribution in [0.25, 0.3) is 0 Å². The lowest BCUT2D eigenvalue weighted by molar-refractivity contribution is 0.0939. The predicted octanol–water partition coefficient (Wildman–Crippen LogP) is 3.63. The number of aromatic nitrogens is 3. The molecule has 0 saturated carbocycles. The Balaban J connectivity index is 1.71. The molecule has 0 aliphatic carbocycles. The molecule has 7 heteroatoms. The van der Waals surface area contributed by atoms with Crippen LogP contribution in [-0.4, -0.2) is 20.8 Å². The van der Waals surface area contributed by atoms with Gasteiger partial charge in [-0.2, -0.15) is 5.10 Å². The summed E-state index contributed by atoms with van der Waals surface area (Å²) in [4.78, 5) is 12.7. The van der Waals surface area contributed by atoms with Crippen molar-refractivity contribution in [1.29, 1.82) is 0 Å². The Morgan fingerprint density at radius 2 is 1.93 bits per heavy atom. The van der Waals surface area contributed by atoms with Crippen LogP contribution in [0.1, 0.15) is 51.1 Å². The third-order valence-corrected chi connectivity index (χ3v) is 4.78. The van der Waals surface area contributed by atoms with Crippen molar-refractivity contribution in [3.8, 4) is 5.75 Å². The number of benzene rings is 1. The van der Waals surface area contributed by atoms with E-state index in [1.165, 1.54) is 0 Å². The van der Waals surface area contributed by atoms with E-state index in [1.807, 2.05) is 56.8 Å². The van der Waals surface area contributed by atoms with E-state index < -0.39 is 0 Å². The van der Waals surface area contributed by atoms with Crippen molar-refractivity contribution in [1.82, 2.24) is 20.3 Å². The lowest BCUT2D eigenvalue weighted by atomic mass is 10.1. The van der Waals surface area contributed by atoms with Crippen molar-refractivity contribution in [3.63, 3.8) is 0 Å². The fourth-order valence-corrected chi connectivity index (χ4v) is 3.06. The molecule has 0 spiro atoms. The van der Waals surface area contributed by atoms with Gasteiger partial charge in [0.25, 0.3) is 5.91 Å². The van der Waals surface area contributed by atoms with Crippen LogP contribution in [0.2, 0.25) is 0 Å². The van der Waals surface area contributed by atoms with Gasteiger partial charge in [0, 0.05) is 24.8 Å². The van der Waals surface area contributed by atoms with Crippen LogP contribution in [0.3, 0.4) is 0 Å². The van der Waals surface area contributed by atoms with E-state index in [2.05, 4.69) is 15.6 Å². The molecule has 0 unspecified atom stereocenters. The lowest BCUT2D eigenvalue weighted by Crippen LogP contribution is -2.24. The minimum atomic E-state index is -0.291. The molecule has 7 nitrogen and oxygen atoms in total. The van der Waals surface area contributed by atoms with Gasteiger partial charge < -0.3 is 14.6 Å². The highest BCUT2D eigenvalue weighted by Crippen LogP contribution is 2.25. The molecule has 0 atom stereocenters. The average Bonchev–Trinajstić information content (AvgIpc) is 3.22. The van der Waals surface area contributed by atoms with Crippen molar-refractivity contribution in [2.45, 2.75) is 54.3 Å². The maximum absolute atomic E-state index is 12.7. The number of aryl methyl sites for hydroxylation is 5. The molecule has 2 aromatic heterocycles. The highest BCUT2D eigenvalue weighted by atomic mass is 16.5. The molecular formula is C21H26N4O3. The Hall–Kier alpha value is -3.09. The zero-order valence-corrected chi connectivity index (χ0v) is 17.0. The minimum absolute atomic E-state index is 0.219. The van der Waals surface area contributed by atoms with Crippen molar-refractivity contribution < 1.29 is 14.1 Å². The van der Waals surface area contributed by atoms with E-state index in [0.29, 0.717) is 17.9 Å². The SMILES string of the molecule is CCn1cc(CNC(=O)c2noc(C)c2COc2c(C)cccc2C)c(C)n1. The number of nitrogens with zero attached hydrogens (tertiary/aromatic N) is 3. The number of rotatable bonds is 7. The summed E-state index contributed by atoms with van der Waals surface area (Å²) in [6, 6.07) is 5.98. The van der Waals surface area contributed by atoms with Gasteiger partial charge in [-0.25, -0.2) is 0 Å². The van der Waals surface area contributed by atoms with Gasteiger partial charge in [0.15, 0.2) is 5.69 Å². The van der Waals surface area contributed by atoms with E-state index in [9.17, 15) is 4.79 Å². The highest BCUT2D eigenvalue weighted by molar-refractivity contribution is 5.93. The summed E-state index contributed by atoms with van der Waals surface area (Å²) in [7, 11) is 0. The third kappa shape index (κ3) is 4.08. The normalized spacial score (nSPS) is 10.9. The van der Waals surface area contributed by atoms with Crippen LogP contribution in [-0.2, 0) is 19.7 Å². The molecule has 0 aliphatic rings. The molecule has 148 valence electrons. The first-order valence-electron chi connectivity index (χ1n) is 9.36. The fourth-order valence-electron chi connectivity index (χ4n) is 3.06. The van der Waals surface area contributed by atoms with Crippen LogP contribution >= 0.6 is 0 Å². The van der Waals surface area contributed by atoms with E-state index in [-0.39, 0.29) is 18.2 Å². The summed E-state index contributed by atoms with van der Waals surface area (Å²) in [5.74, 6) is 1.10. The Labute approximate surface area is 164 Å². The fraction of sp³-hybridized carbons (Fsp3) is 0.381. The molecule has 1 amide bonds. The Morgan fingerprint density at radius 1 is 1.21 bits per heavy atom. The summed E-state index contributed by atoms with van der Waals surface area (Å²) >= 11 is 0. The van der Waals surface area contributed by atoms with Gasteiger partial charge >= 0.3 is 0 Å². The second-order valence-electron chi connectivity index (χ2n) is 6.85. The van der Waals surface area contributed by atoms with Gasteiger partial charge in [0.05, 0.1) is 11.3 Å². The van der Waals surface area contributed by atoms with E-state index in [0.717, 1.165) is 34.7 Å². The topological polar surface area (TPSA) is 82.2 Å². The molecule has 0 saturated heterocycles. The Kier molecular flexibility index (Phi) is 5.82. The zero-order valence-electron chi connectivity index (χ0n) is 17.0. The second-order valence-corrected chi connectivity index (χ2v) is 6.85. The van der Waals surface area contributed by atoms with Crippen molar-refractivity contribution in [3.05, 3.63) is 63.8 Å². The number of hydrogen-bond acceptors (Lipinski definition) is 5. The number of hydrogen-bond donors (Lipinski definition) is 1. The van der Waals surface area contributed by atoms with Crippen LogP contribution in [0, 0.1) is 27.7 Å². The molecule has 0 bridgehead atoms. The Bertz CT molecular complexity index is 967. The summed E-state index contributed by atoms with van der Waals surface area (Å²) in [6.45, 7) is 11.1. The number of carbonyl (C=O) groups excluding carboxylic acids is 1. The summed E-state index contributed by atoms with van der Waals surface area (Å²) in [5, 5.41) is 11.2. The van der Waals surface area contributed by atoms with Crippen molar-refractivity contribution in [2.24, 2.45) is 0 Å². The molecule has 28 heavy (non-hydrogen) atoms. The number of para-hydroxylation sites is 1. The van der Waals surface area contributed by atoms with Gasteiger partial charge in [-0.1, -0.05) is 23.4 Å². The van der Waals surface area contributed by atoms with Gasteiger partial charge in [-0.15, -0.1) is 0 Å². The molecule has 2 heterocycles. The summed E-state index contributed by atoms with van der Waals surface area (Å²) in [6.07, 6.45) is 1.94. The summed E-state index contributed by atoms with van der Waals surface area (Å²) < 4.78 is 13.1. The van der Waals surface area contributed by atoms with Gasteiger partial charge in [0.1, 0.15) is 18.1 Å². The van der Waals surface area contributed by atoms with Gasteiger partial charge in [-0.05, 0) is 45.7 Å². The molecule has 1 N–H and O–H groups in total. The van der Waals surface area contributed by atoms with Crippen LogP contribution in [0.15, 0.2) is 28.9 Å². The largest absolute Gasteiger partial charge is 0.488 e. The monoisotopic (exact) mass is 382 g/mol. The molecule has 0 fully saturated rings. The van der Waals surface area contributed by atoms with E-state index in [1.54, 1.807) is 6.92 Å². The molecular weight excluding hydrogens is 356 g/mol. The quantitative estimate of drug-likeness (QED) is 0.675. The van der Waals surface area contributed by atoms with E-state index in [4.69, 9.17) is 9.26 Å². The first-order chi connectivity index (χ1) is 13.4. The van der Waals surface area contributed by atoms with Crippen LogP contribution in [0.4, 0.5) is 0 Å². The number of amides is 1. The molecule has 3 aromatic rings. The first kappa shape index (κ1) is 19.7. The number of nitrogens with one attached hydrogen (secondary N) is 1. The number of carbonyl (C=O) groups is 1. The van der Waals surface area contributed by atoms with Crippen LogP contribution < -0.4 is 10.1 Å². The van der Waals surface area contributed by atoms with Gasteiger partial charge in [-0.3, -0.25) is 9.48 Å². The van der Waals surface area contributed by atoms with E-state index >= 15 is 0 Å². The molecule has 0 aliphatic heterocycles. The molecule has 0 radical (unpaired) electrons. The number of ether oxygens (including phenoxy) is 1. The lowest BCUT2D eigenvalue weighted by Gasteiger charge is -2.12. The molecule has 1 aromatic carbocycles. The maximum Gasteiger partial charge on any atom is 0.274 e. The average molecular weight is 382 g/mol. The second kappa shape index (κ2) is 8.29. The third-order valence-electron chi connectivity index (χ3n) is 4.78. The highest BCUT2D eigenvalue weighted by Gasteiger charge is 2.21. The first-order valence-corrected chi connectivity index (χ1v) is 9.36. The predicted molar refractivity (Wildman–Crippen MR) is 105 cm³/mol. The maximum atomic E-state index is 12.7. The standard InChI is InChI=1S/C21H26N4O3/c1-6-25-11-17(15(4)23-25)10-22-21(26)19-18(16(5)28-24-19)12-27-20-13(2)8-7-9-14(20)3/h7-9,11H,6,10,12H2,1-5H3,(H,22,26). The minimum Gasteiger partial charge on any atom is -0.488 e. The smallest absolute Gasteiger partial charge is 0.274 e. The van der Waals surface area contributed by atoms with Crippen molar-refractivity contribution >= 4 is 5.91 Å². The van der Waals surface area contributed by atoms with Gasteiger partial charge in [0.2, 0.25) is 0 Å². The summed E-state index contributed by atoms with van der Waals surface area (Å²) in [5.41, 5.74) is 4.87. The van der Waals surface area contributed by atoms with Crippen LogP contribution in [0.5, 0.6) is 5.75 Å². The zero-order chi connectivity index (χ0) is 20.3. The Morgan fingerprint density at radius 3 is 2.57 bits per heavy atom.